The quantitative estimate of drug-likeness (QED) is 0.173. The van der Waals surface area contributed by atoms with Gasteiger partial charge >= 0.3 is 0 Å². The highest BCUT2D eigenvalue weighted by molar-refractivity contribution is 7.40. The minimum atomic E-state index is -5.39. The first-order chi connectivity index (χ1) is 20.9. The lowest BCUT2D eigenvalue weighted by Gasteiger charge is -2.36. The molecule has 248 valence electrons. The van der Waals surface area contributed by atoms with Crippen LogP contribution in [0.2, 0.25) is 0 Å². The van der Waals surface area contributed by atoms with Crippen molar-refractivity contribution in [1.29, 1.82) is 0 Å². The maximum Gasteiger partial charge on any atom is 0.132 e. The SMILES string of the molecule is CC[N+](CC)(CC)c1ccccc1.CC[N+](CC)(CC)c1ccccc1.CC[N+](CC)(CC)c1ccccc1.O=P([O-])([O-])[O-]. The number of rotatable bonds is 12. The van der Waals surface area contributed by atoms with E-state index in [0.717, 1.165) is 13.4 Å². The van der Waals surface area contributed by atoms with Crippen LogP contribution in [-0.4, -0.2) is 58.9 Å². The second-order valence-electron chi connectivity index (χ2n) is 10.7. The van der Waals surface area contributed by atoms with Gasteiger partial charge in [-0.3, -0.25) is 13.4 Å². The summed E-state index contributed by atoms with van der Waals surface area (Å²) < 4.78 is 11.8. The molecule has 0 amide bonds. The highest BCUT2D eigenvalue weighted by atomic mass is 31.2. The average Bonchev–Trinajstić information content (AvgIpc) is 3.06. The molecule has 0 N–H and O–H groups in total. The second kappa shape index (κ2) is 21.4. The van der Waals surface area contributed by atoms with Gasteiger partial charge in [-0.25, -0.2) is 0 Å². The topological polar surface area (TPSA) is 86.2 Å². The fourth-order valence-electron chi connectivity index (χ4n) is 5.89. The Balaban J connectivity index is 0.000000585. The number of hydrogen-bond donors (Lipinski definition) is 0. The Morgan fingerprint density at radius 3 is 0.636 bits per heavy atom. The number of phosphoric acid groups is 1. The maximum atomic E-state index is 8.55. The van der Waals surface area contributed by atoms with Crippen LogP contribution < -0.4 is 28.1 Å². The number of benzene rings is 3. The van der Waals surface area contributed by atoms with Crippen molar-refractivity contribution in [2.75, 3.05) is 58.9 Å². The molecule has 0 aromatic heterocycles. The van der Waals surface area contributed by atoms with Crippen LogP contribution in [0.3, 0.4) is 0 Å². The zero-order valence-corrected chi connectivity index (χ0v) is 29.8. The molecule has 8 heteroatoms. The molecule has 3 aromatic rings. The van der Waals surface area contributed by atoms with Gasteiger partial charge in [0.25, 0.3) is 0 Å². The fourth-order valence-corrected chi connectivity index (χ4v) is 5.89. The van der Waals surface area contributed by atoms with E-state index in [1.165, 1.54) is 76.0 Å². The van der Waals surface area contributed by atoms with E-state index in [-0.39, 0.29) is 0 Å². The highest BCUT2D eigenvalue weighted by Crippen LogP contribution is 2.23. The van der Waals surface area contributed by atoms with Crippen LogP contribution in [-0.2, 0) is 4.57 Å². The molecule has 0 unspecified atom stereocenters. The molecule has 0 fully saturated rings. The van der Waals surface area contributed by atoms with Crippen molar-refractivity contribution in [1.82, 2.24) is 13.4 Å². The van der Waals surface area contributed by atoms with Crippen LogP contribution in [0.1, 0.15) is 62.3 Å². The third kappa shape index (κ3) is 13.3. The zero-order chi connectivity index (χ0) is 33.7. The molecule has 44 heavy (non-hydrogen) atoms. The Kier molecular flexibility index (Phi) is 20.3. The van der Waals surface area contributed by atoms with Crippen LogP contribution in [0, 0.1) is 0 Å². The number of hydrogen-bond acceptors (Lipinski definition) is 4. The van der Waals surface area contributed by atoms with Crippen molar-refractivity contribution >= 4 is 24.9 Å². The Bertz CT molecular complexity index is 981. The summed E-state index contributed by atoms with van der Waals surface area (Å²) in [6, 6.07) is 32.4. The van der Waals surface area contributed by atoms with E-state index in [2.05, 4.69) is 153 Å². The van der Waals surface area contributed by atoms with Crippen molar-refractivity contribution in [3.63, 3.8) is 0 Å². The first-order valence-corrected chi connectivity index (χ1v) is 17.8. The predicted octanol–water partition coefficient (Wildman–Crippen LogP) is 6.34. The molecule has 0 aliphatic carbocycles. The van der Waals surface area contributed by atoms with E-state index < -0.39 is 7.82 Å². The number of nitrogens with zero attached hydrogens (tertiary/aromatic N) is 3. The molecule has 0 aliphatic heterocycles. The Hall–Kier alpha value is -2.35. The van der Waals surface area contributed by atoms with Crippen molar-refractivity contribution in [2.45, 2.75) is 62.3 Å². The van der Waals surface area contributed by atoms with Crippen LogP contribution in [0.15, 0.2) is 91.0 Å². The van der Waals surface area contributed by atoms with E-state index in [4.69, 9.17) is 19.2 Å². The summed E-state index contributed by atoms with van der Waals surface area (Å²) in [5.74, 6) is 0. The molecular formula is C36H60N3O4P. The van der Waals surface area contributed by atoms with E-state index in [9.17, 15) is 0 Å². The average molecular weight is 630 g/mol. The summed E-state index contributed by atoms with van der Waals surface area (Å²) in [4.78, 5) is 25.6. The maximum absolute atomic E-state index is 8.55. The van der Waals surface area contributed by atoms with Crippen LogP contribution >= 0.6 is 7.82 Å². The normalized spacial score (nSPS) is 11.6. The van der Waals surface area contributed by atoms with Gasteiger partial charge in [0, 0.05) is 0 Å². The molecule has 0 spiro atoms. The van der Waals surface area contributed by atoms with Gasteiger partial charge in [-0.15, -0.1) is 0 Å². The van der Waals surface area contributed by atoms with Gasteiger partial charge in [0.2, 0.25) is 0 Å². The molecule has 0 bridgehead atoms. The standard InChI is InChI=1S/3C12H20N.H3O4P/c3*1-4-13(5-2,6-3)12-10-8-7-9-11-12;1-5(2,3)4/h3*7-11H,4-6H2,1-3H3;(H3,1,2,3,4)/q3*+1;/p-3. The van der Waals surface area contributed by atoms with Crippen molar-refractivity contribution in [2.24, 2.45) is 0 Å². The second-order valence-corrected chi connectivity index (χ2v) is 11.6. The number of quaternary nitrogens is 3. The molecule has 0 saturated carbocycles. The summed E-state index contributed by atoms with van der Waals surface area (Å²) in [5.41, 5.74) is 4.32. The van der Waals surface area contributed by atoms with E-state index in [1.54, 1.807) is 0 Å². The van der Waals surface area contributed by atoms with Gasteiger partial charge in [-0.2, -0.15) is 7.82 Å². The molecule has 3 rings (SSSR count). The summed E-state index contributed by atoms with van der Waals surface area (Å²) in [5, 5.41) is 0. The molecule has 7 nitrogen and oxygen atoms in total. The van der Waals surface area contributed by atoms with Gasteiger partial charge in [0.1, 0.15) is 17.1 Å². The smallest absolute Gasteiger partial charge is 0.132 e. The van der Waals surface area contributed by atoms with E-state index >= 15 is 0 Å². The fraction of sp³-hybridized carbons (Fsp3) is 0.500. The van der Waals surface area contributed by atoms with Crippen molar-refractivity contribution in [3.8, 4) is 0 Å². The van der Waals surface area contributed by atoms with Crippen molar-refractivity contribution < 1.29 is 19.2 Å². The minimum absolute atomic E-state index is 1.10. The molecule has 0 atom stereocenters. The summed E-state index contributed by atoms with van der Waals surface area (Å²) >= 11 is 0. The summed E-state index contributed by atoms with van der Waals surface area (Å²) in [7, 11) is -5.39. The molecular weight excluding hydrogens is 569 g/mol. The van der Waals surface area contributed by atoms with E-state index in [1.807, 2.05) is 0 Å². The third-order valence-corrected chi connectivity index (χ3v) is 9.36. The molecule has 0 heterocycles. The lowest BCUT2D eigenvalue weighted by Crippen LogP contribution is -2.48. The summed E-state index contributed by atoms with van der Waals surface area (Å²) in [6.45, 7) is 31.0. The van der Waals surface area contributed by atoms with E-state index in [0.29, 0.717) is 0 Å². The lowest BCUT2D eigenvalue weighted by atomic mass is 10.2. The van der Waals surface area contributed by atoms with Gasteiger partial charge in [-0.05, 0) is 98.7 Å². The lowest BCUT2D eigenvalue weighted by molar-refractivity contribution is -0.432. The van der Waals surface area contributed by atoms with Gasteiger partial charge < -0.3 is 19.2 Å². The zero-order valence-electron chi connectivity index (χ0n) is 28.9. The first kappa shape index (κ1) is 41.7. The Morgan fingerprint density at radius 1 is 0.386 bits per heavy atom. The third-order valence-electron chi connectivity index (χ3n) is 9.36. The van der Waals surface area contributed by atoms with Crippen molar-refractivity contribution in [3.05, 3.63) is 91.0 Å². The largest absolute Gasteiger partial charge is 0.822 e. The molecule has 0 saturated heterocycles. The van der Waals surface area contributed by atoms with Gasteiger partial charge in [-0.1, -0.05) is 54.6 Å². The summed E-state index contributed by atoms with van der Waals surface area (Å²) in [6.07, 6.45) is 0. The highest BCUT2D eigenvalue weighted by Gasteiger charge is 2.24. The van der Waals surface area contributed by atoms with Crippen LogP contribution in [0.25, 0.3) is 0 Å². The first-order valence-electron chi connectivity index (χ1n) is 16.3. The predicted molar refractivity (Wildman–Crippen MR) is 187 cm³/mol. The monoisotopic (exact) mass is 629 g/mol. The Labute approximate surface area is 269 Å². The number of para-hydroxylation sites is 3. The van der Waals surface area contributed by atoms with Crippen LogP contribution in [0.5, 0.6) is 0 Å². The van der Waals surface area contributed by atoms with Gasteiger partial charge in [0.15, 0.2) is 0 Å². The minimum Gasteiger partial charge on any atom is -0.822 e. The van der Waals surface area contributed by atoms with Crippen LogP contribution in [0.4, 0.5) is 17.1 Å². The molecule has 3 aromatic carbocycles. The molecule has 0 radical (unpaired) electrons. The molecule has 0 aliphatic rings. The van der Waals surface area contributed by atoms with Gasteiger partial charge in [0.05, 0.1) is 58.9 Å². The Morgan fingerprint density at radius 2 is 0.523 bits per heavy atom.